The third kappa shape index (κ3) is 2.86. The number of carbonyl (C=O) groups is 1. The number of benzene rings is 1. The van der Waals surface area contributed by atoms with Crippen molar-refractivity contribution in [1.29, 1.82) is 0 Å². The first-order chi connectivity index (χ1) is 8.33. The molecule has 1 aliphatic heterocycles. The van der Waals surface area contributed by atoms with E-state index in [4.69, 9.17) is 4.74 Å². The number of carbonyl (C=O) groups excluding carboxylic acids is 1. The fraction of sp³-hybridized carbons (Fsp3) is 0.500. The summed E-state index contributed by atoms with van der Waals surface area (Å²) in [5.74, 6) is 0.240. The van der Waals surface area contributed by atoms with Crippen molar-refractivity contribution in [2.75, 3.05) is 19.8 Å². The molecule has 0 saturated carbocycles. The van der Waals surface area contributed by atoms with Crippen LogP contribution in [0.2, 0.25) is 0 Å². The highest BCUT2D eigenvalue weighted by Crippen LogP contribution is 2.24. The molecule has 2 rings (SSSR count). The second kappa shape index (κ2) is 5.82. The molecule has 0 bridgehead atoms. The predicted octanol–water partition coefficient (Wildman–Crippen LogP) is 2.39. The Bertz CT molecular complexity index is 364. The standard InChI is InChI=1S/C14H19NO2/c1-2-6-14(16)15-9-10-17-11-13(15)12-7-4-3-5-8-12/h3-5,7-8,13H,2,6,9-11H2,1H3. The molecule has 1 amide bonds. The van der Waals surface area contributed by atoms with E-state index in [0.717, 1.165) is 12.0 Å². The average Bonchev–Trinajstić information content (AvgIpc) is 2.40. The molecule has 0 aromatic heterocycles. The number of morpholine rings is 1. The third-order valence-electron chi connectivity index (χ3n) is 3.10. The van der Waals surface area contributed by atoms with E-state index in [1.165, 1.54) is 0 Å². The van der Waals surface area contributed by atoms with E-state index in [9.17, 15) is 4.79 Å². The summed E-state index contributed by atoms with van der Waals surface area (Å²) < 4.78 is 5.50. The first kappa shape index (κ1) is 12.1. The minimum atomic E-state index is 0.0870. The van der Waals surface area contributed by atoms with Crippen LogP contribution in [0.1, 0.15) is 31.4 Å². The smallest absolute Gasteiger partial charge is 0.223 e. The highest BCUT2D eigenvalue weighted by molar-refractivity contribution is 5.76. The molecule has 0 radical (unpaired) electrons. The van der Waals surface area contributed by atoms with Crippen LogP contribution in [0, 0.1) is 0 Å². The third-order valence-corrected chi connectivity index (χ3v) is 3.10. The van der Waals surface area contributed by atoms with Gasteiger partial charge >= 0.3 is 0 Å². The second-order valence-corrected chi connectivity index (χ2v) is 4.34. The lowest BCUT2D eigenvalue weighted by Gasteiger charge is -2.36. The normalized spacial score (nSPS) is 20.3. The van der Waals surface area contributed by atoms with Crippen molar-refractivity contribution in [2.24, 2.45) is 0 Å². The highest BCUT2D eigenvalue weighted by Gasteiger charge is 2.27. The molecule has 1 aromatic carbocycles. The van der Waals surface area contributed by atoms with Gasteiger partial charge in [0.25, 0.3) is 0 Å². The summed E-state index contributed by atoms with van der Waals surface area (Å²) in [5.41, 5.74) is 1.16. The summed E-state index contributed by atoms with van der Waals surface area (Å²) in [7, 11) is 0. The number of hydrogen-bond acceptors (Lipinski definition) is 2. The molecule has 3 nitrogen and oxygen atoms in total. The van der Waals surface area contributed by atoms with Crippen molar-refractivity contribution in [3.8, 4) is 0 Å². The van der Waals surface area contributed by atoms with Gasteiger partial charge in [-0.05, 0) is 12.0 Å². The minimum absolute atomic E-state index is 0.0870. The Morgan fingerprint density at radius 1 is 1.41 bits per heavy atom. The maximum absolute atomic E-state index is 12.1. The molecule has 17 heavy (non-hydrogen) atoms. The Hall–Kier alpha value is -1.35. The molecule has 1 unspecified atom stereocenters. The van der Waals surface area contributed by atoms with Crippen LogP contribution in [0.5, 0.6) is 0 Å². The lowest BCUT2D eigenvalue weighted by molar-refractivity contribution is -0.140. The van der Waals surface area contributed by atoms with Crippen LogP contribution >= 0.6 is 0 Å². The van der Waals surface area contributed by atoms with Crippen molar-refractivity contribution in [2.45, 2.75) is 25.8 Å². The lowest BCUT2D eigenvalue weighted by atomic mass is 10.0. The van der Waals surface area contributed by atoms with Gasteiger partial charge in [0.15, 0.2) is 0 Å². The van der Waals surface area contributed by atoms with E-state index in [1.54, 1.807) is 0 Å². The van der Waals surface area contributed by atoms with Crippen LogP contribution in [0.25, 0.3) is 0 Å². The second-order valence-electron chi connectivity index (χ2n) is 4.34. The molecule has 1 heterocycles. The van der Waals surface area contributed by atoms with Gasteiger partial charge in [-0.15, -0.1) is 0 Å². The van der Waals surface area contributed by atoms with E-state index in [-0.39, 0.29) is 11.9 Å². The molecule has 1 saturated heterocycles. The molecule has 0 N–H and O–H groups in total. The van der Waals surface area contributed by atoms with E-state index < -0.39 is 0 Å². The first-order valence-electron chi connectivity index (χ1n) is 6.25. The fourth-order valence-corrected chi connectivity index (χ4v) is 2.21. The van der Waals surface area contributed by atoms with Crippen LogP contribution in [-0.4, -0.2) is 30.6 Å². The van der Waals surface area contributed by atoms with E-state index in [2.05, 4.69) is 12.1 Å². The van der Waals surface area contributed by atoms with Gasteiger partial charge in [-0.2, -0.15) is 0 Å². The molecule has 1 atom stereocenters. The van der Waals surface area contributed by atoms with E-state index in [0.29, 0.717) is 26.2 Å². The van der Waals surface area contributed by atoms with Gasteiger partial charge in [-0.3, -0.25) is 4.79 Å². The Labute approximate surface area is 102 Å². The van der Waals surface area contributed by atoms with Crippen LogP contribution in [0.4, 0.5) is 0 Å². The molecule has 1 aromatic rings. The van der Waals surface area contributed by atoms with Crippen molar-refractivity contribution in [1.82, 2.24) is 4.90 Å². The summed E-state index contributed by atoms with van der Waals surface area (Å²) in [6.45, 7) is 4.01. The molecular formula is C14H19NO2. The summed E-state index contributed by atoms with van der Waals surface area (Å²) >= 11 is 0. The number of ether oxygens (including phenoxy) is 1. The Morgan fingerprint density at radius 3 is 2.88 bits per heavy atom. The van der Waals surface area contributed by atoms with E-state index in [1.807, 2.05) is 30.0 Å². The van der Waals surface area contributed by atoms with Crippen LogP contribution in [0.3, 0.4) is 0 Å². The maximum Gasteiger partial charge on any atom is 0.223 e. The fourth-order valence-electron chi connectivity index (χ4n) is 2.21. The van der Waals surface area contributed by atoms with Gasteiger partial charge < -0.3 is 9.64 Å². The zero-order chi connectivity index (χ0) is 12.1. The molecular weight excluding hydrogens is 214 g/mol. The van der Waals surface area contributed by atoms with Crippen molar-refractivity contribution in [3.05, 3.63) is 35.9 Å². The van der Waals surface area contributed by atoms with Crippen LogP contribution in [-0.2, 0) is 9.53 Å². The van der Waals surface area contributed by atoms with Gasteiger partial charge in [0, 0.05) is 13.0 Å². The number of rotatable bonds is 3. The monoisotopic (exact) mass is 233 g/mol. The summed E-state index contributed by atoms with van der Waals surface area (Å²) in [6, 6.07) is 10.2. The lowest BCUT2D eigenvalue weighted by Crippen LogP contribution is -2.43. The molecule has 92 valence electrons. The topological polar surface area (TPSA) is 29.5 Å². The summed E-state index contributed by atoms with van der Waals surface area (Å²) in [4.78, 5) is 14.0. The molecule has 1 fully saturated rings. The zero-order valence-electron chi connectivity index (χ0n) is 10.3. The average molecular weight is 233 g/mol. The van der Waals surface area contributed by atoms with Gasteiger partial charge in [0.1, 0.15) is 0 Å². The quantitative estimate of drug-likeness (QED) is 0.802. The van der Waals surface area contributed by atoms with Crippen molar-refractivity contribution in [3.63, 3.8) is 0 Å². The van der Waals surface area contributed by atoms with Crippen molar-refractivity contribution < 1.29 is 9.53 Å². The number of nitrogens with zero attached hydrogens (tertiary/aromatic N) is 1. The zero-order valence-corrected chi connectivity index (χ0v) is 10.3. The van der Waals surface area contributed by atoms with Gasteiger partial charge in [0.2, 0.25) is 5.91 Å². The molecule has 1 aliphatic rings. The van der Waals surface area contributed by atoms with Gasteiger partial charge in [0.05, 0.1) is 19.3 Å². The number of hydrogen-bond donors (Lipinski definition) is 0. The molecule has 0 spiro atoms. The summed E-state index contributed by atoms with van der Waals surface area (Å²) in [5, 5.41) is 0. The molecule has 0 aliphatic carbocycles. The van der Waals surface area contributed by atoms with Crippen LogP contribution < -0.4 is 0 Å². The number of amides is 1. The SMILES string of the molecule is CCCC(=O)N1CCOCC1c1ccccc1. The van der Waals surface area contributed by atoms with Gasteiger partial charge in [-0.25, -0.2) is 0 Å². The maximum atomic E-state index is 12.1. The Kier molecular flexibility index (Phi) is 4.15. The Balaban J connectivity index is 2.15. The summed E-state index contributed by atoms with van der Waals surface area (Å²) in [6.07, 6.45) is 1.53. The first-order valence-corrected chi connectivity index (χ1v) is 6.25. The predicted molar refractivity (Wildman–Crippen MR) is 66.6 cm³/mol. The molecule has 3 heteroatoms. The van der Waals surface area contributed by atoms with Crippen LogP contribution in [0.15, 0.2) is 30.3 Å². The van der Waals surface area contributed by atoms with Crippen molar-refractivity contribution >= 4 is 5.91 Å². The van der Waals surface area contributed by atoms with E-state index >= 15 is 0 Å². The van der Waals surface area contributed by atoms with Gasteiger partial charge in [-0.1, -0.05) is 37.3 Å². The largest absolute Gasteiger partial charge is 0.377 e. The highest BCUT2D eigenvalue weighted by atomic mass is 16.5. The Morgan fingerprint density at radius 2 is 2.18 bits per heavy atom. The minimum Gasteiger partial charge on any atom is -0.377 e.